The van der Waals surface area contributed by atoms with Crippen LogP contribution in [0.15, 0.2) is 29.2 Å². The average molecular weight is 343 g/mol. The number of benzene rings is 1. The predicted molar refractivity (Wildman–Crippen MR) is 91.7 cm³/mol. The molecule has 122 valence electrons. The van der Waals surface area contributed by atoms with E-state index in [-0.39, 0.29) is 5.91 Å². The number of morpholine rings is 1. The van der Waals surface area contributed by atoms with Crippen molar-refractivity contribution in [3.63, 3.8) is 0 Å². The van der Waals surface area contributed by atoms with E-state index in [0.717, 1.165) is 56.6 Å². The average Bonchev–Trinajstić information content (AvgIpc) is 2.54. The molecular weight excluding hydrogens is 320 g/mol. The third-order valence-corrected chi connectivity index (χ3v) is 4.83. The fourth-order valence-corrected chi connectivity index (χ4v) is 3.20. The Bertz CT molecular complexity index is 450. The van der Waals surface area contributed by atoms with Crippen LogP contribution >= 0.6 is 23.4 Å². The van der Waals surface area contributed by atoms with E-state index in [1.807, 2.05) is 24.3 Å². The number of carbonyl (C=O) groups excluding carboxylic acids is 1. The summed E-state index contributed by atoms with van der Waals surface area (Å²) >= 11 is 7.60. The van der Waals surface area contributed by atoms with Crippen LogP contribution in [0.3, 0.4) is 0 Å². The van der Waals surface area contributed by atoms with Crippen molar-refractivity contribution < 1.29 is 9.53 Å². The molecule has 1 aliphatic rings. The fourth-order valence-electron chi connectivity index (χ4n) is 2.22. The fraction of sp³-hybridized carbons (Fsp3) is 0.562. The van der Waals surface area contributed by atoms with Crippen LogP contribution < -0.4 is 5.32 Å². The van der Waals surface area contributed by atoms with Gasteiger partial charge in [-0.15, -0.1) is 11.8 Å². The van der Waals surface area contributed by atoms with E-state index in [4.69, 9.17) is 16.3 Å². The normalized spacial score (nSPS) is 15.7. The highest BCUT2D eigenvalue weighted by Crippen LogP contribution is 2.21. The van der Waals surface area contributed by atoms with Crippen molar-refractivity contribution in [3.05, 3.63) is 29.3 Å². The summed E-state index contributed by atoms with van der Waals surface area (Å²) in [5.41, 5.74) is 0. The first-order valence-electron chi connectivity index (χ1n) is 7.69. The lowest BCUT2D eigenvalue weighted by Gasteiger charge is -2.26. The van der Waals surface area contributed by atoms with Gasteiger partial charge in [0.25, 0.3) is 0 Å². The molecule has 1 aromatic rings. The van der Waals surface area contributed by atoms with Crippen LogP contribution in [-0.2, 0) is 9.53 Å². The highest BCUT2D eigenvalue weighted by atomic mass is 35.5. The lowest BCUT2D eigenvalue weighted by molar-refractivity contribution is -0.121. The van der Waals surface area contributed by atoms with Gasteiger partial charge in [0.15, 0.2) is 0 Å². The van der Waals surface area contributed by atoms with Gasteiger partial charge in [-0.2, -0.15) is 0 Å². The van der Waals surface area contributed by atoms with Crippen LogP contribution in [0, 0.1) is 0 Å². The maximum absolute atomic E-state index is 11.8. The summed E-state index contributed by atoms with van der Waals surface area (Å²) < 4.78 is 5.30. The number of hydrogen-bond acceptors (Lipinski definition) is 4. The van der Waals surface area contributed by atoms with Gasteiger partial charge in [-0.1, -0.05) is 11.6 Å². The maximum Gasteiger partial charge on any atom is 0.220 e. The van der Waals surface area contributed by atoms with Crippen molar-refractivity contribution in [1.29, 1.82) is 0 Å². The summed E-state index contributed by atoms with van der Waals surface area (Å²) in [6.07, 6.45) is 1.47. The Kier molecular flexibility index (Phi) is 8.08. The molecule has 1 heterocycles. The van der Waals surface area contributed by atoms with Crippen molar-refractivity contribution in [2.24, 2.45) is 0 Å². The van der Waals surface area contributed by atoms with Gasteiger partial charge in [-0.25, -0.2) is 0 Å². The van der Waals surface area contributed by atoms with E-state index in [1.54, 1.807) is 11.8 Å². The standard InChI is InChI=1S/C16H23ClN2O2S/c17-14-3-5-15(6-4-14)22-13-1-2-16(20)18-7-8-19-9-11-21-12-10-19/h3-6H,1-2,7-13H2,(H,18,20). The van der Waals surface area contributed by atoms with Crippen LogP contribution in [0.2, 0.25) is 5.02 Å². The maximum atomic E-state index is 11.8. The molecule has 0 spiro atoms. The first-order chi connectivity index (χ1) is 10.7. The lowest BCUT2D eigenvalue weighted by atomic mass is 10.3. The smallest absolute Gasteiger partial charge is 0.220 e. The van der Waals surface area contributed by atoms with Gasteiger partial charge in [0.2, 0.25) is 5.91 Å². The van der Waals surface area contributed by atoms with Gasteiger partial charge in [0.1, 0.15) is 0 Å². The Morgan fingerprint density at radius 2 is 2.00 bits per heavy atom. The zero-order chi connectivity index (χ0) is 15.6. The molecule has 1 aliphatic heterocycles. The minimum atomic E-state index is 0.143. The summed E-state index contributed by atoms with van der Waals surface area (Å²) in [4.78, 5) is 15.3. The minimum absolute atomic E-state index is 0.143. The second-order valence-corrected chi connectivity index (χ2v) is 6.81. The first-order valence-corrected chi connectivity index (χ1v) is 9.05. The Morgan fingerprint density at radius 1 is 1.27 bits per heavy atom. The third-order valence-electron chi connectivity index (χ3n) is 3.48. The number of halogens is 1. The van der Waals surface area contributed by atoms with Gasteiger partial charge in [-0.3, -0.25) is 9.69 Å². The summed E-state index contributed by atoms with van der Waals surface area (Å²) in [7, 11) is 0. The number of amides is 1. The number of thioether (sulfide) groups is 1. The summed E-state index contributed by atoms with van der Waals surface area (Å²) in [5, 5.41) is 3.74. The number of nitrogens with one attached hydrogen (secondary N) is 1. The molecule has 1 fully saturated rings. The highest BCUT2D eigenvalue weighted by Gasteiger charge is 2.10. The molecule has 1 saturated heterocycles. The van der Waals surface area contributed by atoms with Gasteiger partial charge in [0, 0.05) is 42.5 Å². The molecule has 0 aliphatic carbocycles. The van der Waals surface area contributed by atoms with Gasteiger partial charge in [0.05, 0.1) is 13.2 Å². The third kappa shape index (κ3) is 7.01. The molecule has 4 nitrogen and oxygen atoms in total. The molecule has 22 heavy (non-hydrogen) atoms. The van der Waals surface area contributed by atoms with Crippen molar-refractivity contribution in [2.45, 2.75) is 17.7 Å². The number of ether oxygens (including phenoxy) is 1. The number of carbonyl (C=O) groups is 1. The zero-order valence-corrected chi connectivity index (χ0v) is 14.3. The Labute approximate surface area is 141 Å². The summed E-state index contributed by atoms with van der Waals surface area (Å²) in [5.74, 6) is 1.09. The quantitative estimate of drug-likeness (QED) is 0.582. The van der Waals surface area contributed by atoms with Gasteiger partial charge in [-0.05, 0) is 36.4 Å². The molecule has 0 saturated carbocycles. The Hall–Kier alpha value is -0.750. The molecule has 0 aromatic heterocycles. The molecule has 1 aromatic carbocycles. The summed E-state index contributed by atoms with van der Waals surface area (Å²) in [6, 6.07) is 7.80. The second-order valence-electron chi connectivity index (χ2n) is 5.21. The van der Waals surface area contributed by atoms with Crippen LogP contribution in [-0.4, -0.2) is 56.0 Å². The second kappa shape index (κ2) is 10.1. The first kappa shape index (κ1) is 17.6. The van der Waals surface area contributed by atoms with Crippen molar-refractivity contribution in [2.75, 3.05) is 45.1 Å². The van der Waals surface area contributed by atoms with E-state index < -0.39 is 0 Å². The molecule has 1 N–H and O–H groups in total. The molecule has 0 bridgehead atoms. The van der Waals surface area contributed by atoms with Crippen LogP contribution in [0.4, 0.5) is 0 Å². The number of nitrogens with zero attached hydrogens (tertiary/aromatic N) is 1. The van der Waals surface area contributed by atoms with Gasteiger partial charge < -0.3 is 10.1 Å². The number of hydrogen-bond donors (Lipinski definition) is 1. The molecule has 0 atom stereocenters. The molecular formula is C16H23ClN2O2S. The predicted octanol–water partition coefficient (Wildman–Crippen LogP) is 2.66. The molecule has 6 heteroatoms. The van der Waals surface area contributed by atoms with Gasteiger partial charge >= 0.3 is 0 Å². The Balaban J connectivity index is 1.49. The lowest BCUT2D eigenvalue weighted by Crippen LogP contribution is -2.41. The molecule has 1 amide bonds. The van der Waals surface area contributed by atoms with Crippen LogP contribution in [0.5, 0.6) is 0 Å². The summed E-state index contributed by atoms with van der Waals surface area (Å²) in [6.45, 7) is 5.17. The van der Waals surface area contributed by atoms with Crippen molar-refractivity contribution in [1.82, 2.24) is 10.2 Å². The highest BCUT2D eigenvalue weighted by molar-refractivity contribution is 7.99. The SMILES string of the molecule is O=C(CCCSc1ccc(Cl)cc1)NCCN1CCOCC1. The molecule has 0 radical (unpaired) electrons. The van der Waals surface area contributed by atoms with E-state index in [1.165, 1.54) is 4.90 Å². The van der Waals surface area contributed by atoms with E-state index in [9.17, 15) is 4.79 Å². The number of rotatable bonds is 8. The van der Waals surface area contributed by atoms with Crippen molar-refractivity contribution >= 4 is 29.3 Å². The minimum Gasteiger partial charge on any atom is -0.379 e. The van der Waals surface area contributed by atoms with Crippen LogP contribution in [0.25, 0.3) is 0 Å². The largest absolute Gasteiger partial charge is 0.379 e. The van der Waals surface area contributed by atoms with Crippen molar-refractivity contribution in [3.8, 4) is 0 Å². The van der Waals surface area contributed by atoms with E-state index >= 15 is 0 Å². The zero-order valence-electron chi connectivity index (χ0n) is 12.7. The molecule has 2 rings (SSSR count). The topological polar surface area (TPSA) is 41.6 Å². The van der Waals surface area contributed by atoms with E-state index in [2.05, 4.69) is 10.2 Å². The monoisotopic (exact) mass is 342 g/mol. The Morgan fingerprint density at radius 3 is 2.73 bits per heavy atom. The molecule has 0 unspecified atom stereocenters. The van der Waals surface area contributed by atoms with Crippen LogP contribution in [0.1, 0.15) is 12.8 Å². The van der Waals surface area contributed by atoms with E-state index in [0.29, 0.717) is 6.42 Å².